The zero-order valence-electron chi connectivity index (χ0n) is 13.8. The summed E-state index contributed by atoms with van der Waals surface area (Å²) in [5.74, 6) is 0. The van der Waals surface area contributed by atoms with Crippen LogP contribution in [0.5, 0.6) is 0 Å². The van der Waals surface area contributed by atoms with Gasteiger partial charge in [0, 0.05) is 23.1 Å². The Labute approximate surface area is 142 Å². The third-order valence-electron chi connectivity index (χ3n) is 4.91. The summed E-state index contributed by atoms with van der Waals surface area (Å²) in [6.45, 7) is 4.42. The number of rotatable bonds is 2. The van der Waals surface area contributed by atoms with Gasteiger partial charge in [0.15, 0.2) is 0 Å². The molecule has 2 heterocycles. The van der Waals surface area contributed by atoms with E-state index in [1.165, 1.54) is 10.9 Å². The molecule has 0 aliphatic carbocycles. The van der Waals surface area contributed by atoms with Gasteiger partial charge in [0.1, 0.15) is 0 Å². The largest absolute Gasteiger partial charge is 0.357 e. The van der Waals surface area contributed by atoms with Crippen LogP contribution in [0.1, 0.15) is 29.8 Å². The Morgan fingerprint density at radius 3 is 2.54 bits per heavy atom. The first kappa shape index (κ1) is 15.4. The smallest absolute Gasteiger partial charge is 0.243 e. The van der Waals surface area contributed by atoms with Crippen LogP contribution in [0.3, 0.4) is 0 Å². The number of sulfonamides is 1. The van der Waals surface area contributed by atoms with Gasteiger partial charge in [0.2, 0.25) is 10.0 Å². The van der Waals surface area contributed by atoms with Crippen molar-refractivity contribution in [3.8, 4) is 0 Å². The third-order valence-corrected chi connectivity index (χ3v) is 6.89. The number of benzene rings is 2. The highest BCUT2D eigenvalue weighted by Crippen LogP contribution is 2.37. The topological polar surface area (TPSA) is 53.2 Å². The highest BCUT2D eigenvalue weighted by atomic mass is 32.2. The molecule has 0 bridgehead atoms. The van der Waals surface area contributed by atoms with Crippen molar-refractivity contribution in [3.63, 3.8) is 0 Å². The fourth-order valence-corrected chi connectivity index (χ4v) is 5.18. The van der Waals surface area contributed by atoms with Gasteiger partial charge in [-0.05, 0) is 44.0 Å². The molecule has 0 fully saturated rings. The Morgan fingerprint density at radius 1 is 1.08 bits per heavy atom. The Morgan fingerprint density at radius 2 is 1.79 bits per heavy atom. The van der Waals surface area contributed by atoms with Gasteiger partial charge in [0.05, 0.1) is 10.9 Å². The van der Waals surface area contributed by atoms with E-state index in [9.17, 15) is 8.42 Å². The molecule has 0 spiro atoms. The maximum absolute atomic E-state index is 13.0. The molecular weight excluding hydrogens is 320 g/mol. The van der Waals surface area contributed by atoms with Crippen molar-refractivity contribution in [2.24, 2.45) is 0 Å². The van der Waals surface area contributed by atoms with Crippen LogP contribution in [0.2, 0.25) is 0 Å². The monoisotopic (exact) mass is 340 g/mol. The summed E-state index contributed by atoms with van der Waals surface area (Å²) < 4.78 is 27.7. The van der Waals surface area contributed by atoms with Gasteiger partial charge in [-0.15, -0.1) is 0 Å². The van der Waals surface area contributed by atoms with E-state index in [0.29, 0.717) is 11.4 Å². The zero-order valence-corrected chi connectivity index (χ0v) is 14.6. The van der Waals surface area contributed by atoms with Crippen molar-refractivity contribution in [3.05, 3.63) is 65.4 Å². The van der Waals surface area contributed by atoms with Crippen molar-refractivity contribution in [1.82, 2.24) is 9.29 Å². The molecule has 1 aliphatic rings. The second kappa shape index (κ2) is 5.46. The van der Waals surface area contributed by atoms with Crippen LogP contribution in [-0.2, 0) is 16.4 Å². The van der Waals surface area contributed by atoms with E-state index >= 15 is 0 Å². The molecule has 1 aliphatic heterocycles. The minimum Gasteiger partial charge on any atom is -0.357 e. The number of H-pyrrole nitrogens is 1. The molecule has 2 aromatic carbocycles. The molecule has 1 unspecified atom stereocenters. The number of fused-ring (bicyclic) bond motifs is 3. The number of nitrogens with one attached hydrogen (secondary N) is 1. The van der Waals surface area contributed by atoms with Crippen LogP contribution < -0.4 is 0 Å². The van der Waals surface area contributed by atoms with E-state index < -0.39 is 10.0 Å². The molecule has 24 heavy (non-hydrogen) atoms. The highest BCUT2D eigenvalue weighted by molar-refractivity contribution is 7.89. The van der Waals surface area contributed by atoms with E-state index in [2.05, 4.69) is 11.1 Å². The number of hydrogen-bond donors (Lipinski definition) is 1. The van der Waals surface area contributed by atoms with Crippen LogP contribution in [0.25, 0.3) is 10.9 Å². The summed E-state index contributed by atoms with van der Waals surface area (Å²) in [4.78, 5) is 3.78. The Balaban J connectivity index is 1.77. The van der Waals surface area contributed by atoms with Crippen LogP contribution in [0.4, 0.5) is 0 Å². The first-order chi connectivity index (χ1) is 11.5. The van der Waals surface area contributed by atoms with Crippen molar-refractivity contribution >= 4 is 20.9 Å². The fraction of sp³-hybridized carbons (Fsp3) is 0.263. The van der Waals surface area contributed by atoms with E-state index in [1.54, 1.807) is 16.4 Å². The van der Waals surface area contributed by atoms with Crippen LogP contribution >= 0.6 is 0 Å². The van der Waals surface area contributed by atoms with Gasteiger partial charge >= 0.3 is 0 Å². The summed E-state index contributed by atoms with van der Waals surface area (Å²) >= 11 is 0. The second-order valence-corrected chi connectivity index (χ2v) is 8.31. The maximum Gasteiger partial charge on any atom is 0.243 e. The van der Waals surface area contributed by atoms with Crippen molar-refractivity contribution in [2.45, 2.75) is 31.2 Å². The second-order valence-electron chi connectivity index (χ2n) is 6.42. The van der Waals surface area contributed by atoms with E-state index in [4.69, 9.17) is 0 Å². The molecule has 0 amide bonds. The molecule has 0 saturated carbocycles. The van der Waals surface area contributed by atoms with E-state index in [1.807, 2.05) is 44.2 Å². The first-order valence-electron chi connectivity index (χ1n) is 8.16. The summed E-state index contributed by atoms with van der Waals surface area (Å²) in [5, 5.41) is 1.20. The predicted octanol–water partition coefficient (Wildman–Crippen LogP) is 3.78. The third kappa shape index (κ3) is 2.27. The summed E-state index contributed by atoms with van der Waals surface area (Å²) in [6, 6.07) is 15.0. The summed E-state index contributed by atoms with van der Waals surface area (Å²) in [7, 11) is -3.49. The molecule has 5 heteroatoms. The standard InChI is InChI=1S/C19H20N2O2S/c1-13-7-9-15(10-8-13)24(22,23)21-12-11-17-16-5-3-4-6-18(16)20-19(17)14(21)2/h3-10,14,20H,11-12H2,1-2H3. The van der Waals surface area contributed by atoms with E-state index in [0.717, 1.165) is 23.2 Å². The van der Waals surface area contributed by atoms with Gasteiger partial charge in [-0.3, -0.25) is 0 Å². The fourth-order valence-electron chi connectivity index (χ4n) is 3.58. The number of para-hydroxylation sites is 1. The minimum atomic E-state index is -3.49. The first-order valence-corrected chi connectivity index (χ1v) is 9.60. The normalized spacial score (nSPS) is 18.7. The summed E-state index contributed by atoms with van der Waals surface area (Å²) in [6.07, 6.45) is 0.731. The average Bonchev–Trinajstić information content (AvgIpc) is 2.95. The molecular formula is C19H20N2O2S. The van der Waals surface area contributed by atoms with Gasteiger partial charge < -0.3 is 4.98 Å². The number of hydrogen-bond acceptors (Lipinski definition) is 2. The molecule has 0 radical (unpaired) electrons. The van der Waals surface area contributed by atoms with Gasteiger partial charge in [-0.2, -0.15) is 4.31 Å². The molecule has 4 rings (SSSR count). The van der Waals surface area contributed by atoms with Gasteiger partial charge in [-0.1, -0.05) is 35.9 Å². The van der Waals surface area contributed by atoms with Gasteiger partial charge in [-0.25, -0.2) is 8.42 Å². The lowest BCUT2D eigenvalue weighted by Crippen LogP contribution is -2.38. The SMILES string of the molecule is Cc1ccc(S(=O)(=O)N2CCc3c([nH]c4ccccc34)C2C)cc1. The molecule has 1 N–H and O–H groups in total. The molecule has 4 nitrogen and oxygen atoms in total. The Bertz CT molecular complexity index is 1000. The Kier molecular flexibility index (Phi) is 3.51. The average molecular weight is 340 g/mol. The van der Waals surface area contributed by atoms with Gasteiger partial charge in [0.25, 0.3) is 0 Å². The molecule has 124 valence electrons. The minimum absolute atomic E-state index is 0.201. The number of aryl methyl sites for hydroxylation is 1. The Hall–Kier alpha value is -2.11. The number of nitrogens with zero attached hydrogens (tertiary/aromatic N) is 1. The molecule has 0 saturated heterocycles. The number of aromatic nitrogens is 1. The lowest BCUT2D eigenvalue weighted by atomic mass is 10.0. The molecule has 1 atom stereocenters. The van der Waals surface area contributed by atoms with Crippen LogP contribution in [-0.4, -0.2) is 24.3 Å². The maximum atomic E-state index is 13.0. The van der Waals surface area contributed by atoms with Crippen molar-refractivity contribution < 1.29 is 8.42 Å². The van der Waals surface area contributed by atoms with Crippen molar-refractivity contribution in [2.75, 3.05) is 6.54 Å². The quantitative estimate of drug-likeness (QED) is 0.772. The molecule has 3 aromatic rings. The van der Waals surface area contributed by atoms with Crippen molar-refractivity contribution in [1.29, 1.82) is 0 Å². The lowest BCUT2D eigenvalue weighted by Gasteiger charge is -2.32. The van der Waals surface area contributed by atoms with E-state index in [-0.39, 0.29) is 6.04 Å². The summed E-state index contributed by atoms with van der Waals surface area (Å²) in [5.41, 5.74) is 4.38. The predicted molar refractivity (Wildman–Crippen MR) is 95.5 cm³/mol. The number of aromatic amines is 1. The lowest BCUT2D eigenvalue weighted by molar-refractivity contribution is 0.322. The van der Waals surface area contributed by atoms with Crippen LogP contribution in [0, 0.1) is 6.92 Å². The zero-order chi connectivity index (χ0) is 16.9. The molecule has 1 aromatic heterocycles. The highest BCUT2D eigenvalue weighted by Gasteiger charge is 2.35. The van der Waals surface area contributed by atoms with Crippen LogP contribution in [0.15, 0.2) is 53.4 Å².